The summed E-state index contributed by atoms with van der Waals surface area (Å²) in [6, 6.07) is 2.49. The first-order valence-electron chi connectivity index (χ1n) is 5.18. The van der Waals surface area contributed by atoms with Crippen molar-refractivity contribution in [3.8, 4) is 0 Å². The summed E-state index contributed by atoms with van der Waals surface area (Å²) in [7, 11) is 2.33. The van der Waals surface area contributed by atoms with Gasteiger partial charge in [-0.25, -0.2) is 14.0 Å². The smallest absolute Gasteiger partial charge is 0.354 e. The Labute approximate surface area is 133 Å². The molecule has 1 aromatic rings. The Morgan fingerprint density at radius 1 is 1.35 bits per heavy atom. The number of hydrogen-bond donors (Lipinski definition) is 1. The van der Waals surface area contributed by atoms with Gasteiger partial charge in [0.25, 0.3) is 0 Å². The summed E-state index contributed by atoms with van der Waals surface area (Å²) < 4.78 is 22.5. The zero-order valence-corrected chi connectivity index (χ0v) is 13.4. The summed E-state index contributed by atoms with van der Waals surface area (Å²) in [5.74, 6) is -2.02. The third kappa shape index (κ3) is 4.34. The molecule has 5 nitrogen and oxygen atoms in total. The molecule has 0 atom stereocenters. The van der Waals surface area contributed by atoms with Gasteiger partial charge >= 0.3 is 11.9 Å². The molecule has 0 bridgehead atoms. The van der Waals surface area contributed by atoms with Crippen LogP contribution in [0.2, 0.25) is 5.02 Å². The van der Waals surface area contributed by atoms with E-state index in [4.69, 9.17) is 11.6 Å². The van der Waals surface area contributed by atoms with Gasteiger partial charge in [-0.05, 0) is 34.7 Å². The van der Waals surface area contributed by atoms with Crippen LogP contribution in [0.5, 0.6) is 0 Å². The van der Waals surface area contributed by atoms with Crippen molar-refractivity contribution in [2.75, 3.05) is 19.5 Å². The zero-order chi connectivity index (χ0) is 15.3. The lowest BCUT2D eigenvalue weighted by molar-refractivity contribution is -0.138. The normalized spacial score (nSPS) is 10.9. The number of anilines is 1. The Morgan fingerprint density at radius 2 is 2.00 bits per heavy atom. The third-order valence-corrected chi connectivity index (χ3v) is 3.29. The molecule has 0 radical (unpaired) electrons. The van der Waals surface area contributed by atoms with E-state index in [1.54, 1.807) is 22.6 Å². The van der Waals surface area contributed by atoms with Crippen molar-refractivity contribution in [3.63, 3.8) is 0 Å². The first-order chi connectivity index (χ1) is 9.38. The van der Waals surface area contributed by atoms with E-state index in [-0.39, 0.29) is 16.4 Å². The Hall–Kier alpha value is -1.35. The molecule has 0 unspecified atom stereocenters. The predicted octanol–water partition coefficient (Wildman–Crippen LogP) is 2.73. The average molecular weight is 414 g/mol. The van der Waals surface area contributed by atoms with E-state index < -0.39 is 17.8 Å². The molecule has 0 aromatic heterocycles. The number of hydrogen-bond acceptors (Lipinski definition) is 5. The molecule has 0 saturated heterocycles. The molecule has 0 amide bonds. The Kier molecular flexibility index (Phi) is 6.21. The SMILES string of the molecule is COC(=O)/C=C(/Nc1cc(I)c(F)cc1Cl)C(=O)OC. The zero-order valence-electron chi connectivity index (χ0n) is 10.5. The molecule has 1 N–H and O–H groups in total. The number of nitrogens with one attached hydrogen (secondary N) is 1. The minimum Gasteiger partial charge on any atom is -0.466 e. The second-order valence-corrected chi connectivity index (χ2v) is 5.01. The Morgan fingerprint density at radius 3 is 2.55 bits per heavy atom. The maximum absolute atomic E-state index is 13.3. The van der Waals surface area contributed by atoms with Gasteiger partial charge in [-0.2, -0.15) is 0 Å². The third-order valence-electron chi connectivity index (χ3n) is 2.15. The van der Waals surface area contributed by atoms with Crippen LogP contribution in [0.3, 0.4) is 0 Å². The van der Waals surface area contributed by atoms with Crippen molar-refractivity contribution < 1.29 is 23.5 Å². The molecule has 0 aliphatic heterocycles. The van der Waals surface area contributed by atoms with Crippen molar-refractivity contribution >= 4 is 51.8 Å². The lowest BCUT2D eigenvalue weighted by atomic mass is 10.3. The van der Waals surface area contributed by atoms with E-state index in [1.807, 2.05) is 0 Å². The van der Waals surface area contributed by atoms with E-state index >= 15 is 0 Å². The van der Waals surface area contributed by atoms with E-state index in [0.717, 1.165) is 19.3 Å². The van der Waals surface area contributed by atoms with Crippen LogP contribution in [0.25, 0.3) is 0 Å². The van der Waals surface area contributed by atoms with Crippen LogP contribution in [0, 0.1) is 9.39 Å². The largest absolute Gasteiger partial charge is 0.466 e. The molecule has 0 spiro atoms. The van der Waals surface area contributed by atoms with Gasteiger partial charge < -0.3 is 14.8 Å². The van der Waals surface area contributed by atoms with Crippen LogP contribution in [0.4, 0.5) is 10.1 Å². The highest BCUT2D eigenvalue weighted by Crippen LogP contribution is 2.27. The monoisotopic (exact) mass is 413 g/mol. The fraction of sp³-hybridized carbons (Fsp3) is 0.167. The fourth-order valence-electron chi connectivity index (χ4n) is 1.20. The number of esters is 2. The van der Waals surface area contributed by atoms with Gasteiger partial charge in [0.05, 0.1) is 34.6 Å². The van der Waals surface area contributed by atoms with E-state index in [1.165, 1.54) is 13.2 Å². The molecule has 108 valence electrons. The molecular formula is C12H10ClFINO4. The van der Waals surface area contributed by atoms with Crippen LogP contribution >= 0.6 is 34.2 Å². The highest BCUT2D eigenvalue weighted by Gasteiger charge is 2.15. The maximum atomic E-state index is 13.3. The Bertz CT molecular complexity index is 577. The number of ether oxygens (including phenoxy) is 2. The second-order valence-electron chi connectivity index (χ2n) is 3.44. The number of carbonyl (C=O) groups excluding carboxylic acids is 2. The highest BCUT2D eigenvalue weighted by molar-refractivity contribution is 14.1. The van der Waals surface area contributed by atoms with Crippen molar-refractivity contribution in [3.05, 3.63) is 38.3 Å². The van der Waals surface area contributed by atoms with E-state index in [9.17, 15) is 14.0 Å². The van der Waals surface area contributed by atoms with Crippen molar-refractivity contribution in [1.29, 1.82) is 0 Å². The molecule has 0 fully saturated rings. The van der Waals surface area contributed by atoms with E-state index in [2.05, 4.69) is 14.8 Å². The van der Waals surface area contributed by atoms with Gasteiger partial charge in [-0.1, -0.05) is 11.6 Å². The summed E-state index contributed by atoms with van der Waals surface area (Å²) >= 11 is 7.63. The molecule has 0 aliphatic rings. The number of benzene rings is 1. The number of carbonyl (C=O) groups is 2. The summed E-state index contributed by atoms with van der Waals surface area (Å²) in [6.45, 7) is 0. The van der Waals surface area contributed by atoms with Gasteiger partial charge in [0.15, 0.2) is 0 Å². The molecule has 0 aliphatic carbocycles. The quantitative estimate of drug-likeness (QED) is 0.356. The van der Waals surface area contributed by atoms with Crippen LogP contribution in [-0.4, -0.2) is 26.2 Å². The number of rotatable bonds is 4. The predicted molar refractivity (Wildman–Crippen MR) is 79.9 cm³/mol. The topological polar surface area (TPSA) is 64.6 Å². The van der Waals surface area contributed by atoms with Gasteiger partial charge in [-0.3, -0.25) is 0 Å². The van der Waals surface area contributed by atoms with Crippen LogP contribution in [-0.2, 0) is 19.1 Å². The summed E-state index contributed by atoms with van der Waals surface area (Å²) in [4.78, 5) is 22.7. The van der Waals surface area contributed by atoms with Gasteiger partial charge in [0.2, 0.25) is 0 Å². The molecule has 0 saturated carbocycles. The molecule has 0 heterocycles. The van der Waals surface area contributed by atoms with Crippen LogP contribution in [0.15, 0.2) is 23.9 Å². The summed E-state index contributed by atoms with van der Waals surface area (Å²) in [6.07, 6.45) is 0.915. The summed E-state index contributed by atoms with van der Waals surface area (Å²) in [5, 5.41) is 2.67. The molecule has 1 rings (SSSR count). The van der Waals surface area contributed by atoms with Crippen LogP contribution in [0.1, 0.15) is 0 Å². The summed E-state index contributed by atoms with van der Waals surface area (Å²) in [5.41, 5.74) is 0.0849. The standard InChI is InChI=1S/C12H10ClFINO4/c1-19-11(17)5-10(12(18)20-2)16-9-4-8(15)7(14)3-6(9)13/h3-5,16H,1-2H3/b10-5+. The number of halogens is 3. The van der Waals surface area contributed by atoms with Crippen LogP contribution < -0.4 is 5.32 Å². The maximum Gasteiger partial charge on any atom is 0.354 e. The lowest BCUT2D eigenvalue weighted by Crippen LogP contribution is -2.15. The Balaban J connectivity index is 3.14. The fourth-order valence-corrected chi connectivity index (χ4v) is 1.86. The van der Waals surface area contributed by atoms with E-state index in [0.29, 0.717) is 3.57 Å². The number of methoxy groups -OCH3 is 2. The average Bonchev–Trinajstić information content (AvgIpc) is 2.42. The van der Waals surface area contributed by atoms with Gasteiger partial charge in [0, 0.05) is 0 Å². The minimum absolute atomic E-state index is 0.0579. The second kappa shape index (κ2) is 7.44. The minimum atomic E-state index is -0.786. The lowest BCUT2D eigenvalue weighted by Gasteiger charge is -2.11. The molecule has 8 heteroatoms. The highest BCUT2D eigenvalue weighted by atomic mass is 127. The van der Waals surface area contributed by atoms with Crippen molar-refractivity contribution in [2.24, 2.45) is 0 Å². The molecule has 20 heavy (non-hydrogen) atoms. The van der Waals surface area contributed by atoms with Crippen molar-refractivity contribution in [1.82, 2.24) is 0 Å². The van der Waals surface area contributed by atoms with Gasteiger partial charge in [0.1, 0.15) is 11.5 Å². The van der Waals surface area contributed by atoms with Gasteiger partial charge in [-0.15, -0.1) is 0 Å². The molecular weight excluding hydrogens is 403 g/mol. The molecule has 1 aromatic carbocycles. The first kappa shape index (κ1) is 16.7. The van der Waals surface area contributed by atoms with Crippen molar-refractivity contribution in [2.45, 2.75) is 0 Å². The first-order valence-corrected chi connectivity index (χ1v) is 6.64.